The molecule has 1 aromatic rings. The molecule has 2 nitrogen and oxygen atoms in total. The van der Waals surface area contributed by atoms with Crippen LogP contribution < -0.4 is 5.73 Å². The van der Waals surface area contributed by atoms with Crippen LogP contribution in [0.2, 0.25) is 0 Å². The summed E-state index contributed by atoms with van der Waals surface area (Å²) in [5, 5.41) is 0. The van der Waals surface area contributed by atoms with Crippen molar-refractivity contribution in [1.29, 1.82) is 0 Å². The van der Waals surface area contributed by atoms with Crippen LogP contribution >= 0.6 is 0 Å². The normalized spacial score (nSPS) is 33.6. The van der Waals surface area contributed by atoms with E-state index < -0.39 is 0 Å². The molecule has 16 heavy (non-hydrogen) atoms. The van der Waals surface area contributed by atoms with Crippen LogP contribution in [0.5, 0.6) is 0 Å². The number of nitrogens with zero attached hydrogens (tertiary/aromatic N) is 1. The molecular weight excluding hydrogens is 196 g/mol. The molecule has 2 heteroatoms. The molecule has 88 valence electrons. The fourth-order valence-electron chi connectivity index (χ4n) is 3.51. The second-order valence-electron chi connectivity index (χ2n) is 6.25. The van der Waals surface area contributed by atoms with Crippen molar-refractivity contribution in [2.24, 2.45) is 17.1 Å². The summed E-state index contributed by atoms with van der Waals surface area (Å²) in [6.07, 6.45) is 7.13. The highest BCUT2D eigenvalue weighted by atomic mass is 14.8. The van der Waals surface area contributed by atoms with Crippen molar-refractivity contribution in [3.63, 3.8) is 0 Å². The van der Waals surface area contributed by atoms with Crippen LogP contribution in [-0.4, -0.2) is 4.98 Å². The molecule has 1 fully saturated rings. The molecule has 1 heterocycles. The zero-order valence-corrected chi connectivity index (χ0v) is 10.5. The van der Waals surface area contributed by atoms with Gasteiger partial charge in [0.05, 0.1) is 0 Å². The van der Waals surface area contributed by atoms with Gasteiger partial charge in [0.2, 0.25) is 0 Å². The van der Waals surface area contributed by atoms with E-state index in [9.17, 15) is 0 Å². The first-order valence-electron chi connectivity index (χ1n) is 6.11. The van der Waals surface area contributed by atoms with Crippen molar-refractivity contribution in [2.75, 3.05) is 0 Å². The van der Waals surface area contributed by atoms with Gasteiger partial charge in [-0.1, -0.05) is 26.8 Å². The lowest BCUT2D eigenvalue weighted by Crippen LogP contribution is -2.46. The molecule has 0 aromatic carbocycles. The van der Waals surface area contributed by atoms with Gasteiger partial charge in [0.25, 0.3) is 0 Å². The molecule has 0 saturated heterocycles. The van der Waals surface area contributed by atoms with Gasteiger partial charge in [-0.15, -0.1) is 0 Å². The summed E-state index contributed by atoms with van der Waals surface area (Å²) in [5.41, 5.74) is 7.95. The van der Waals surface area contributed by atoms with Crippen LogP contribution in [0, 0.1) is 11.3 Å². The molecule has 0 spiro atoms. The van der Waals surface area contributed by atoms with Crippen LogP contribution in [0.1, 0.15) is 45.6 Å². The predicted octanol–water partition coefficient (Wildman–Crippen LogP) is 3.08. The van der Waals surface area contributed by atoms with Crippen molar-refractivity contribution >= 4 is 0 Å². The Kier molecular flexibility index (Phi) is 2.79. The average Bonchev–Trinajstić information content (AvgIpc) is 2.15. The Labute approximate surface area is 98.3 Å². The highest BCUT2D eigenvalue weighted by Gasteiger charge is 2.41. The van der Waals surface area contributed by atoms with E-state index in [0.717, 1.165) is 12.8 Å². The number of rotatable bonds is 1. The molecule has 0 radical (unpaired) electrons. The molecular formula is C14H22N2. The summed E-state index contributed by atoms with van der Waals surface area (Å²) < 4.78 is 0. The second kappa shape index (κ2) is 3.85. The third-order valence-electron chi connectivity index (χ3n) is 3.64. The van der Waals surface area contributed by atoms with E-state index in [2.05, 4.69) is 31.8 Å². The summed E-state index contributed by atoms with van der Waals surface area (Å²) in [7, 11) is 0. The molecule has 1 aromatic heterocycles. The van der Waals surface area contributed by atoms with Crippen molar-refractivity contribution in [3.05, 3.63) is 30.1 Å². The minimum absolute atomic E-state index is 0.185. The van der Waals surface area contributed by atoms with Gasteiger partial charge < -0.3 is 5.73 Å². The largest absolute Gasteiger partial charge is 0.321 e. The Bertz CT molecular complexity index is 358. The van der Waals surface area contributed by atoms with E-state index in [-0.39, 0.29) is 5.54 Å². The molecule has 1 saturated carbocycles. The standard InChI is InChI=1S/C14H22N2/c1-11-7-13(2,3)10-14(15,8-11)12-5-4-6-16-9-12/h4-6,9,11H,7-8,10,15H2,1-3H3. The van der Waals surface area contributed by atoms with Gasteiger partial charge in [0.15, 0.2) is 0 Å². The van der Waals surface area contributed by atoms with Crippen molar-refractivity contribution < 1.29 is 0 Å². The number of aromatic nitrogens is 1. The summed E-state index contributed by atoms with van der Waals surface area (Å²) >= 11 is 0. The van der Waals surface area contributed by atoms with Crippen LogP contribution in [0.3, 0.4) is 0 Å². The molecule has 0 aliphatic heterocycles. The first kappa shape index (κ1) is 11.6. The maximum Gasteiger partial charge on any atom is 0.0432 e. The van der Waals surface area contributed by atoms with Gasteiger partial charge in [-0.05, 0) is 42.2 Å². The first-order valence-corrected chi connectivity index (χ1v) is 6.11. The van der Waals surface area contributed by atoms with Gasteiger partial charge in [-0.2, -0.15) is 0 Å². The summed E-state index contributed by atoms with van der Waals surface area (Å²) in [6, 6.07) is 4.09. The molecule has 1 aliphatic rings. The van der Waals surface area contributed by atoms with Crippen LogP contribution in [-0.2, 0) is 5.54 Å². The third kappa shape index (κ3) is 2.27. The number of hydrogen-bond donors (Lipinski definition) is 1. The summed E-state index contributed by atoms with van der Waals surface area (Å²) in [6.45, 7) is 6.94. The topological polar surface area (TPSA) is 38.9 Å². The van der Waals surface area contributed by atoms with Gasteiger partial charge in [0.1, 0.15) is 0 Å². The number of pyridine rings is 1. The molecule has 2 N–H and O–H groups in total. The Morgan fingerprint density at radius 3 is 2.69 bits per heavy atom. The molecule has 0 amide bonds. The fourth-order valence-corrected chi connectivity index (χ4v) is 3.51. The van der Waals surface area contributed by atoms with Crippen LogP contribution in [0.15, 0.2) is 24.5 Å². The molecule has 2 rings (SSSR count). The molecule has 2 unspecified atom stereocenters. The van der Waals surface area contributed by atoms with E-state index in [1.54, 1.807) is 0 Å². The maximum atomic E-state index is 6.61. The Morgan fingerprint density at radius 1 is 1.38 bits per heavy atom. The van der Waals surface area contributed by atoms with Crippen molar-refractivity contribution in [1.82, 2.24) is 4.98 Å². The quantitative estimate of drug-likeness (QED) is 0.786. The highest BCUT2D eigenvalue weighted by Crippen LogP contribution is 2.46. The monoisotopic (exact) mass is 218 g/mol. The van der Waals surface area contributed by atoms with E-state index in [1.807, 2.05) is 18.5 Å². The zero-order chi connectivity index (χ0) is 11.8. The van der Waals surface area contributed by atoms with Crippen molar-refractivity contribution in [3.8, 4) is 0 Å². The number of hydrogen-bond acceptors (Lipinski definition) is 2. The third-order valence-corrected chi connectivity index (χ3v) is 3.64. The van der Waals surface area contributed by atoms with E-state index in [1.165, 1.54) is 12.0 Å². The maximum absolute atomic E-state index is 6.61. The highest BCUT2D eigenvalue weighted by molar-refractivity contribution is 5.22. The molecule has 0 bridgehead atoms. The van der Waals surface area contributed by atoms with E-state index in [4.69, 9.17) is 5.73 Å². The second-order valence-corrected chi connectivity index (χ2v) is 6.25. The minimum atomic E-state index is -0.185. The van der Waals surface area contributed by atoms with E-state index >= 15 is 0 Å². The smallest absolute Gasteiger partial charge is 0.0432 e. The average molecular weight is 218 g/mol. The molecule has 2 atom stereocenters. The minimum Gasteiger partial charge on any atom is -0.321 e. The van der Waals surface area contributed by atoms with Gasteiger partial charge in [-0.3, -0.25) is 4.98 Å². The first-order chi connectivity index (χ1) is 7.41. The lowest BCUT2D eigenvalue weighted by Gasteiger charge is -2.45. The number of nitrogens with two attached hydrogens (primary N) is 1. The summed E-state index contributed by atoms with van der Waals surface area (Å²) in [4.78, 5) is 4.20. The fraction of sp³-hybridized carbons (Fsp3) is 0.643. The van der Waals surface area contributed by atoms with Crippen LogP contribution in [0.25, 0.3) is 0 Å². The predicted molar refractivity (Wildman–Crippen MR) is 66.9 cm³/mol. The lowest BCUT2D eigenvalue weighted by molar-refractivity contribution is 0.107. The van der Waals surface area contributed by atoms with Gasteiger partial charge >= 0.3 is 0 Å². The Balaban J connectivity index is 2.31. The summed E-state index contributed by atoms with van der Waals surface area (Å²) in [5.74, 6) is 0.689. The van der Waals surface area contributed by atoms with E-state index in [0.29, 0.717) is 11.3 Å². The zero-order valence-electron chi connectivity index (χ0n) is 10.5. The SMILES string of the molecule is CC1CC(C)(C)CC(N)(c2cccnc2)C1. The van der Waals surface area contributed by atoms with Gasteiger partial charge in [0, 0.05) is 17.9 Å². The molecule has 1 aliphatic carbocycles. The Morgan fingerprint density at radius 2 is 2.12 bits per heavy atom. The lowest BCUT2D eigenvalue weighted by atomic mass is 9.63. The van der Waals surface area contributed by atoms with Crippen molar-refractivity contribution in [2.45, 2.75) is 45.6 Å². The Hall–Kier alpha value is -0.890. The van der Waals surface area contributed by atoms with Gasteiger partial charge in [-0.25, -0.2) is 0 Å². The van der Waals surface area contributed by atoms with Crippen LogP contribution in [0.4, 0.5) is 0 Å².